The van der Waals surface area contributed by atoms with E-state index in [-0.39, 0.29) is 30.7 Å². The molecule has 1 aromatic rings. The fourth-order valence-corrected chi connectivity index (χ4v) is 1.72. The molecule has 1 saturated heterocycles. The number of amides is 1. The minimum atomic E-state index is -4.54. The van der Waals surface area contributed by atoms with Gasteiger partial charge < -0.3 is 0 Å². The SMILES string of the molecule is C=CC1CC(=O)N(c2nccc(C(F)(F)F)n2)C1. The summed E-state index contributed by atoms with van der Waals surface area (Å²) in [4.78, 5) is 19.9. The Morgan fingerprint density at radius 3 is 2.78 bits per heavy atom. The van der Waals surface area contributed by atoms with Crippen LogP contribution in [-0.2, 0) is 11.0 Å². The molecule has 4 nitrogen and oxygen atoms in total. The molecule has 0 N–H and O–H groups in total. The molecule has 2 heterocycles. The molecule has 0 aromatic carbocycles. The lowest BCUT2D eigenvalue weighted by Crippen LogP contribution is -2.27. The predicted octanol–water partition coefficient (Wildman–Crippen LogP) is 2.03. The van der Waals surface area contributed by atoms with Crippen molar-refractivity contribution in [2.45, 2.75) is 12.6 Å². The molecule has 0 bridgehead atoms. The second-order valence-electron chi connectivity index (χ2n) is 3.94. The van der Waals surface area contributed by atoms with E-state index in [1.807, 2.05) is 0 Å². The van der Waals surface area contributed by atoms with Gasteiger partial charge in [-0.3, -0.25) is 9.69 Å². The maximum Gasteiger partial charge on any atom is 0.433 e. The summed E-state index contributed by atoms with van der Waals surface area (Å²) >= 11 is 0. The van der Waals surface area contributed by atoms with Crippen LogP contribution in [0.2, 0.25) is 0 Å². The summed E-state index contributed by atoms with van der Waals surface area (Å²) in [5, 5.41) is 0. The van der Waals surface area contributed by atoms with Crippen LogP contribution in [0, 0.1) is 5.92 Å². The molecule has 0 spiro atoms. The van der Waals surface area contributed by atoms with E-state index in [4.69, 9.17) is 0 Å². The maximum absolute atomic E-state index is 12.5. The molecular formula is C11H10F3N3O. The van der Waals surface area contributed by atoms with E-state index in [0.717, 1.165) is 17.2 Å². The van der Waals surface area contributed by atoms with Gasteiger partial charge in [-0.25, -0.2) is 9.97 Å². The highest BCUT2D eigenvalue weighted by molar-refractivity contribution is 5.94. The summed E-state index contributed by atoms with van der Waals surface area (Å²) in [6.45, 7) is 3.83. The van der Waals surface area contributed by atoms with Gasteiger partial charge in [-0.05, 0) is 6.07 Å². The average molecular weight is 257 g/mol. The normalized spacial score (nSPS) is 20.3. The number of hydrogen-bond donors (Lipinski definition) is 0. The van der Waals surface area contributed by atoms with Gasteiger partial charge in [-0.1, -0.05) is 6.08 Å². The number of anilines is 1. The predicted molar refractivity (Wildman–Crippen MR) is 57.7 cm³/mol. The van der Waals surface area contributed by atoms with Gasteiger partial charge in [0, 0.05) is 25.1 Å². The molecule has 0 radical (unpaired) electrons. The van der Waals surface area contributed by atoms with Crippen molar-refractivity contribution in [3.05, 3.63) is 30.6 Å². The Balaban J connectivity index is 2.29. The molecular weight excluding hydrogens is 247 g/mol. The second-order valence-corrected chi connectivity index (χ2v) is 3.94. The molecule has 1 amide bonds. The number of rotatable bonds is 2. The summed E-state index contributed by atoms with van der Waals surface area (Å²) in [6.07, 6.45) is -1.72. The highest BCUT2D eigenvalue weighted by Crippen LogP contribution is 2.29. The molecule has 1 aromatic heterocycles. The Labute approximate surface area is 101 Å². The van der Waals surface area contributed by atoms with E-state index in [1.54, 1.807) is 6.08 Å². The molecule has 2 rings (SSSR count). The largest absolute Gasteiger partial charge is 0.433 e. The highest BCUT2D eigenvalue weighted by atomic mass is 19.4. The van der Waals surface area contributed by atoms with Gasteiger partial charge in [0.1, 0.15) is 5.69 Å². The number of aromatic nitrogens is 2. The third-order valence-corrected chi connectivity index (χ3v) is 2.66. The molecule has 7 heteroatoms. The third kappa shape index (κ3) is 2.34. The maximum atomic E-state index is 12.5. The zero-order chi connectivity index (χ0) is 13.3. The van der Waals surface area contributed by atoms with Crippen LogP contribution in [0.5, 0.6) is 0 Å². The minimum Gasteiger partial charge on any atom is -0.280 e. The van der Waals surface area contributed by atoms with E-state index in [2.05, 4.69) is 16.5 Å². The molecule has 0 aliphatic carbocycles. The van der Waals surface area contributed by atoms with E-state index < -0.39 is 11.9 Å². The van der Waals surface area contributed by atoms with Crippen LogP contribution in [0.1, 0.15) is 12.1 Å². The zero-order valence-electron chi connectivity index (χ0n) is 9.31. The van der Waals surface area contributed by atoms with Crippen molar-refractivity contribution < 1.29 is 18.0 Å². The third-order valence-electron chi connectivity index (χ3n) is 2.66. The van der Waals surface area contributed by atoms with Crippen molar-refractivity contribution in [3.63, 3.8) is 0 Å². The molecule has 18 heavy (non-hydrogen) atoms. The standard InChI is InChI=1S/C11H10F3N3O/c1-2-7-5-9(18)17(6-7)10-15-4-3-8(16-10)11(12,13)14/h2-4,7H,1,5-6H2. The molecule has 1 unspecified atom stereocenters. The first-order valence-electron chi connectivity index (χ1n) is 5.25. The van der Waals surface area contributed by atoms with Gasteiger partial charge in [0.05, 0.1) is 0 Å². The fourth-order valence-electron chi connectivity index (χ4n) is 1.72. The van der Waals surface area contributed by atoms with Crippen molar-refractivity contribution in [2.75, 3.05) is 11.4 Å². The number of nitrogens with zero attached hydrogens (tertiary/aromatic N) is 3. The second kappa shape index (κ2) is 4.40. The van der Waals surface area contributed by atoms with E-state index in [9.17, 15) is 18.0 Å². The van der Waals surface area contributed by atoms with Crippen LogP contribution < -0.4 is 4.90 Å². The average Bonchev–Trinajstić information content (AvgIpc) is 2.70. The Hall–Kier alpha value is -1.92. The van der Waals surface area contributed by atoms with Crippen LogP contribution in [0.25, 0.3) is 0 Å². The van der Waals surface area contributed by atoms with Gasteiger partial charge in [0.2, 0.25) is 11.9 Å². The van der Waals surface area contributed by atoms with Crippen LogP contribution in [0.15, 0.2) is 24.9 Å². The summed E-state index contributed by atoms with van der Waals surface area (Å²) in [5.74, 6) is -0.575. The lowest BCUT2D eigenvalue weighted by atomic mass is 10.1. The monoisotopic (exact) mass is 257 g/mol. The van der Waals surface area contributed by atoms with Crippen LogP contribution >= 0.6 is 0 Å². The van der Waals surface area contributed by atoms with Gasteiger partial charge >= 0.3 is 6.18 Å². The van der Waals surface area contributed by atoms with Crippen molar-refractivity contribution in [1.82, 2.24) is 9.97 Å². The summed E-state index contributed by atoms with van der Waals surface area (Å²) in [7, 11) is 0. The summed E-state index contributed by atoms with van der Waals surface area (Å²) < 4.78 is 37.5. The van der Waals surface area contributed by atoms with Crippen LogP contribution in [0.3, 0.4) is 0 Å². The van der Waals surface area contributed by atoms with E-state index in [1.165, 1.54) is 0 Å². The van der Waals surface area contributed by atoms with Crippen molar-refractivity contribution in [3.8, 4) is 0 Å². The number of halogens is 3. The number of carbonyl (C=O) groups is 1. The summed E-state index contributed by atoms with van der Waals surface area (Å²) in [6, 6.07) is 0.773. The molecule has 96 valence electrons. The number of carbonyl (C=O) groups excluding carboxylic acids is 1. The molecule has 1 fully saturated rings. The summed E-state index contributed by atoms with van der Waals surface area (Å²) in [5.41, 5.74) is -1.05. The lowest BCUT2D eigenvalue weighted by molar-refractivity contribution is -0.141. The van der Waals surface area contributed by atoms with Crippen LogP contribution in [0.4, 0.5) is 19.1 Å². The first-order valence-corrected chi connectivity index (χ1v) is 5.25. The Morgan fingerprint density at radius 2 is 2.22 bits per heavy atom. The van der Waals surface area contributed by atoms with E-state index in [0.29, 0.717) is 0 Å². The fraction of sp³-hybridized carbons (Fsp3) is 0.364. The topological polar surface area (TPSA) is 46.1 Å². The van der Waals surface area contributed by atoms with Crippen molar-refractivity contribution in [2.24, 2.45) is 5.92 Å². The smallest absolute Gasteiger partial charge is 0.280 e. The van der Waals surface area contributed by atoms with Crippen molar-refractivity contribution in [1.29, 1.82) is 0 Å². The van der Waals surface area contributed by atoms with Gasteiger partial charge in [-0.15, -0.1) is 6.58 Å². The lowest BCUT2D eigenvalue weighted by Gasteiger charge is -2.15. The van der Waals surface area contributed by atoms with Crippen molar-refractivity contribution >= 4 is 11.9 Å². The molecule has 1 atom stereocenters. The van der Waals surface area contributed by atoms with Gasteiger partial charge in [0.25, 0.3) is 0 Å². The number of alkyl halides is 3. The van der Waals surface area contributed by atoms with Gasteiger partial charge in [0.15, 0.2) is 0 Å². The molecule has 1 aliphatic heterocycles. The van der Waals surface area contributed by atoms with E-state index >= 15 is 0 Å². The number of hydrogen-bond acceptors (Lipinski definition) is 3. The molecule has 1 aliphatic rings. The van der Waals surface area contributed by atoms with Gasteiger partial charge in [-0.2, -0.15) is 13.2 Å². The highest BCUT2D eigenvalue weighted by Gasteiger charge is 2.35. The Morgan fingerprint density at radius 1 is 1.50 bits per heavy atom. The Kier molecular flexibility index (Phi) is 3.06. The quantitative estimate of drug-likeness (QED) is 0.761. The molecule has 0 saturated carbocycles. The zero-order valence-corrected chi connectivity index (χ0v) is 9.31. The first-order chi connectivity index (χ1) is 8.41. The van der Waals surface area contributed by atoms with Crippen LogP contribution in [-0.4, -0.2) is 22.4 Å². The minimum absolute atomic E-state index is 0.0735. The Bertz CT molecular complexity index is 487. The first kappa shape index (κ1) is 12.5.